The maximum atomic E-state index is 10.7. The van der Waals surface area contributed by atoms with Gasteiger partial charge in [0, 0.05) is 11.1 Å². The third-order valence-electron chi connectivity index (χ3n) is 2.36. The number of hydrogen-bond acceptors (Lipinski definition) is 3. The first-order valence-corrected chi connectivity index (χ1v) is 5.59. The van der Waals surface area contributed by atoms with E-state index in [-0.39, 0.29) is 5.02 Å². The van der Waals surface area contributed by atoms with Gasteiger partial charge in [0.15, 0.2) is 6.29 Å². The van der Waals surface area contributed by atoms with Gasteiger partial charge in [-0.05, 0) is 36.4 Å². The summed E-state index contributed by atoms with van der Waals surface area (Å²) in [6.45, 7) is 0. The molecule has 0 radical (unpaired) electrons. The molecule has 4 heteroatoms. The van der Waals surface area contributed by atoms with Crippen LogP contribution in [0.1, 0.15) is 20.7 Å². The lowest BCUT2D eigenvalue weighted by molar-refractivity contribution is 0.111. The summed E-state index contributed by atoms with van der Waals surface area (Å²) in [5.41, 5.74) is 0.939. The van der Waals surface area contributed by atoms with Crippen LogP contribution in [0.5, 0.6) is 11.5 Å². The van der Waals surface area contributed by atoms with Crippen LogP contribution in [0.4, 0.5) is 0 Å². The summed E-state index contributed by atoms with van der Waals surface area (Å²) in [5.74, 6) is 0.950. The summed E-state index contributed by atoms with van der Waals surface area (Å²) in [4.78, 5) is 21.2. The van der Waals surface area contributed by atoms with Crippen molar-refractivity contribution in [3.05, 3.63) is 58.6 Å². The van der Waals surface area contributed by atoms with Gasteiger partial charge in [-0.1, -0.05) is 17.7 Å². The molecular weight excluding hydrogens is 252 g/mol. The van der Waals surface area contributed by atoms with E-state index in [0.29, 0.717) is 28.9 Å². The molecule has 0 fully saturated rings. The van der Waals surface area contributed by atoms with Gasteiger partial charge in [0.25, 0.3) is 0 Å². The van der Waals surface area contributed by atoms with Gasteiger partial charge in [-0.2, -0.15) is 0 Å². The molecule has 18 heavy (non-hydrogen) atoms. The highest BCUT2D eigenvalue weighted by molar-refractivity contribution is 6.34. The van der Waals surface area contributed by atoms with E-state index in [4.69, 9.17) is 16.3 Å². The molecule has 2 aromatic rings. The minimum Gasteiger partial charge on any atom is -0.456 e. The minimum absolute atomic E-state index is 0.270. The molecule has 2 aromatic carbocycles. The Morgan fingerprint density at radius 1 is 0.944 bits per heavy atom. The van der Waals surface area contributed by atoms with Crippen molar-refractivity contribution in [3.8, 4) is 11.5 Å². The zero-order chi connectivity index (χ0) is 13.0. The maximum absolute atomic E-state index is 10.7. The number of carbonyl (C=O) groups excluding carboxylic acids is 2. The predicted octanol–water partition coefficient (Wildman–Crippen LogP) is 3.76. The van der Waals surface area contributed by atoms with Crippen LogP contribution in [0.3, 0.4) is 0 Å². The Hall–Kier alpha value is -2.13. The van der Waals surface area contributed by atoms with Crippen molar-refractivity contribution in [1.82, 2.24) is 0 Å². The van der Waals surface area contributed by atoms with Crippen molar-refractivity contribution in [2.24, 2.45) is 0 Å². The van der Waals surface area contributed by atoms with Crippen LogP contribution in [0, 0.1) is 0 Å². The van der Waals surface area contributed by atoms with Crippen molar-refractivity contribution in [1.29, 1.82) is 0 Å². The maximum Gasteiger partial charge on any atom is 0.151 e. The first-order valence-electron chi connectivity index (χ1n) is 5.21. The Balaban J connectivity index is 2.27. The summed E-state index contributed by atoms with van der Waals surface area (Å²) in [6, 6.07) is 11.6. The SMILES string of the molecule is O=Cc1ccc(Oc2cccc(C=O)c2Cl)cc1. The van der Waals surface area contributed by atoms with E-state index in [9.17, 15) is 9.59 Å². The smallest absolute Gasteiger partial charge is 0.151 e. The van der Waals surface area contributed by atoms with E-state index in [1.165, 1.54) is 0 Å². The van der Waals surface area contributed by atoms with Crippen LogP contribution in [0.2, 0.25) is 5.02 Å². The summed E-state index contributed by atoms with van der Waals surface area (Å²) in [5, 5.41) is 0.270. The van der Waals surface area contributed by atoms with Crippen molar-refractivity contribution in [3.63, 3.8) is 0 Å². The van der Waals surface area contributed by atoms with Crippen LogP contribution < -0.4 is 4.74 Å². The number of aldehydes is 2. The molecule has 0 amide bonds. The minimum atomic E-state index is 0.270. The quantitative estimate of drug-likeness (QED) is 0.786. The Morgan fingerprint density at radius 3 is 2.28 bits per heavy atom. The van der Waals surface area contributed by atoms with E-state index in [2.05, 4.69) is 0 Å². The van der Waals surface area contributed by atoms with Crippen LogP contribution in [-0.2, 0) is 0 Å². The van der Waals surface area contributed by atoms with E-state index >= 15 is 0 Å². The molecule has 0 aliphatic rings. The topological polar surface area (TPSA) is 43.4 Å². The highest BCUT2D eigenvalue weighted by atomic mass is 35.5. The molecule has 3 nitrogen and oxygen atoms in total. The average Bonchev–Trinajstić information content (AvgIpc) is 2.42. The molecule has 0 aliphatic carbocycles. The molecule has 0 aliphatic heterocycles. The molecule has 0 bridgehead atoms. The number of benzene rings is 2. The fourth-order valence-electron chi connectivity index (χ4n) is 1.44. The zero-order valence-corrected chi connectivity index (χ0v) is 10.1. The first kappa shape index (κ1) is 12.3. The van der Waals surface area contributed by atoms with Gasteiger partial charge < -0.3 is 4.74 Å². The normalized spacial score (nSPS) is 9.83. The van der Waals surface area contributed by atoms with Gasteiger partial charge in [-0.3, -0.25) is 9.59 Å². The van der Waals surface area contributed by atoms with Crippen LogP contribution in [-0.4, -0.2) is 12.6 Å². The molecule has 0 saturated carbocycles. The van der Waals surface area contributed by atoms with Crippen LogP contribution in [0.15, 0.2) is 42.5 Å². The number of ether oxygens (including phenoxy) is 1. The van der Waals surface area contributed by atoms with Crippen molar-refractivity contribution in [2.45, 2.75) is 0 Å². The second-order valence-electron chi connectivity index (χ2n) is 3.57. The summed E-state index contributed by atoms with van der Waals surface area (Å²) < 4.78 is 5.54. The highest BCUT2D eigenvalue weighted by Gasteiger charge is 2.07. The van der Waals surface area contributed by atoms with Gasteiger partial charge >= 0.3 is 0 Å². The predicted molar refractivity (Wildman–Crippen MR) is 68.7 cm³/mol. The standard InChI is InChI=1S/C14H9ClO3/c15-14-11(9-17)2-1-3-13(14)18-12-6-4-10(8-16)5-7-12/h1-9H. The van der Waals surface area contributed by atoms with E-state index < -0.39 is 0 Å². The van der Waals surface area contributed by atoms with Crippen LogP contribution in [0.25, 0.3) is 0 Å². The van der Waals surface area contributed by atoms with E-state index in [1.54, 1.807) is 42.5 Å². The average molecular weight is 261 g/mol. The third kappa shape index (κ3) is 2.57. The van der Waals surface area contributed by atoms with Gasteiger partial charge in [0.05, 0.1) is 5.02 Å². The Bertz CT molecular complexity index is 576. The van der Waals surface area contributed by atoms with E-state index in [1.807, 2.05) is 0 Å². The highest BCUT2D eigenvalue weighted by Crippen LogP contribution is 2.31. The Kier molecular flexibility index (Phi) is 3.75. The van der Waals surface area contributed by atoms with Crippen molar-refractivity contribution < 1.29 is 14.3 Å². The number of hydrogen-bond donors (Lipinski definition) is 0. The molecular formula is C14H9ClO3. The summed E-state index contributed by atoms with van der Waals surface area (Å²) in [7, 11) is 0. The lowest BCUT2D eigenvalue weighted by Crippen LogP contribution is -1.89. The van der Waals surface area contributed by atoms with Crippen molar-refractivity contribution >= 4 is 24.2 Å². The second kappa shape index (κ2) is 5.47. The monoisotopic (exact) mass is 260 g/mol. The largest absolute Gasteiger partial charge is 0.456 e. The van der Waals surface area contributed by atoms with E-state index in [0.717, 1.165) is 6.29 Å². The fraction of sp³-hybridized carbons (Fsp3) is 0. The van der Waals surface area contributed by atoms with Gasteiger partial charge in [-0.15, -0.1) is 0 Å². The fourth-order valence-corrected chi connectivity index (χ4v) is 1.65. The van der Waals surface area contributed by atoms with Gasteiger partial charge in [0.1, 0.15) is 17.8 Å². The number of carbonyl (C=O) groups is 2. The van der Waals surface area contributed by atoms with Gasteiger partial charge in [0.2, 0.25) is 0 Å². The second-order valence-corrected chi connectivity index (χ2v) is 3.94. The molecule has 0 saturated heterocycles. The molecule has 0 heterocycles. The zero-order valence-electron chi connectivity index (χ0n) is 9.30. The number of halogens is 1. The molecule has 2 rings (SSSR count). The lowest BCUT2D eigenvalue weighted by Gasteiger charge is -2.08. The molecule has 0 aromatic heterocycles. The molecule has 0 atom stereocenters. The van der Waals surface area contributed by atoms with Crippen molar-refractivity contribution in [2.75, 3.05) is 0 Å². The van der Waals surface area contributed by atoms with Gasteiger partial charge in [-0.25, -0.2) is 0 Å². The molecule has 90 valence electrons. The Labute approximate surface area is 109 Å². The molecule has 0 N–H and O–H groups in total. The number of rotatable bonds is 4. The lowest BCUT2D eigenvalue weighted by atomic mass is 10.2. The third-order valence-corrected chi connectivity index (χ3v) is 2.77. The van der Waals surface area contributed by atoms with Crippen LogP contribution >= 0.6 is 11.6 Å². The summed E-state index contributed by atoms with van der Waals surface area (Å²) in [6.07, 6.45) is 1.43. The first-order chi connectivity index (χ1) is 8.74. The summed E-state index contributed by atoms with van der Waals surface area (Å²) >= 11 is 6.00. The molecule has 0 spiro atoms. The Morgan fingerprint density at radius 2 is 1.67 bits per heavy atom. The molecule has 0 unspecified atom stereocenters.